The predicted molar refractivity (Wildman–Crippen MR) is 73.1 cm³/mol. The van der Waals surface area contributed by atoms with Crippen LogP contribution in [0.15, 0.2) is 0 Å². The lowest BCUT2D eigenvalue weighted by Gasteiger charge is -2.37. The molecule has 4 nitrogen and oxygen atoms in total. The van der Waals surface area contributed by atoms with Gasteiger partial charge in [0.05, 0.1) is 5.41 Å². The van der Waals surface area contributed by atoms with Gasteiger partial charge in [-0.15, -0.1) is 0 Å². The molecule has 4 N–H and O–H groups in total. The molecular weight excluding hydrogens is 228 g/mol. The van der Waals surface area contributed by atoms with E-state index in [4.69, 9.17) is 10.8 Å². The third kappa shape index (κ3) is 4.25. The van der Waals surface area contributed by atoms with Gasteiger partial charge in [0, 0.05) is 19.7 Å². The van der Waals surface area contributed by atoms with E-state index in [-0.39, 0.29) is 17.9 Å². The number of nitrogens with two attached hydrogens (primary N) is 1. The van der Waals surface area contributed by atoms with Crippen molar-refractivity contribution in [1.29, 1.82) is 0 Å². The molecule has 0 radical (unpaired) electrons. The van der Waals surface area contributed by atoms with Crippen molar-refractivity contribution in [1.82, 2.24) is 5.32 Å². The van der Waals surface area contributed by atoms with Gasteiger partial charge in [0.2, 0.25) is 5.91 Å². The molecule has 0 spiro atoms. The molecule has 0 bridgehead atoms. The lowest BCUT2D eigenvalue weighted by atomic mass is 9.70. The zero-order valence-corrected chi connectivity index (χ0v) is 11.6. The Morgan fingerprint density at radius 2 is 2.00 bits per heavy atom. The molecular formula is C14H28N2O2. The van der Waals surface area contributed by atoms with Gasteiger partial charge < -0.3 is 16.2 Å². The molecule has 0 aliphatic heterocycles. The SMILES string of the molecule is CC1CCC(CN)(C(=O)NCCCCCO)CC1. The van der Waals surface area contributed by atoms with Crippen LogP contribution in [0.1, 0.15) is 51.9 Å². The van der Waals surface area contributed by atoms with Crippen LogP contribution in [0, 0.1) is 11.3 Å². The van der Waals surface area contributed by atoms with E-state index >= 15 is 0 Å². The number of rotatable bonds is 7. The van der Waals surface area contributed by atoms with Gasteiger partial charge in [-0.05, 0) is 50.9 Å². The number of hydrogen-bond donors (Lipinski definition) is 3. The van der Waals surface area contributed by atoms with Crippen molar-refractivity contribution in [3.63, 3.8) is 0 Å². The van der Waals surface area contributed by atoms with E-state index in [1.807, 2.05) is 0 Å². The molecule has 0 atom stereocenters. The molecule has 1 rings (SSSR count). The Morgan fingerprint density at radius 3 is 2.56 bits per heavy atom. The quantitative estimate of drug-likeness (QED) is 0.603. The molecule has 1 aliphatic carbocycles. The molecule has 0 aromatic carbocycles. The van der Waals surface area contributed by atoms with Gasteiger partial charge >= 0.3 is 0 Å². The largest absolute Gasteiger partial charge is 0.396 e. The highest BCUT2D eigenvalue weighted by Crippen LogP contribution is 2.38. The number of unbranched alkanes of at least 4 members (excludes halogenated alkanes) is 2. The maximum absolute atomic E-state index is 12.2. The molecule has 0 aromatic rings. The first-order valence-electron chi connectivity index (χ1n) is 7.24. The van der Waals surface area contributed by atoms with E-state index in [1.54, 1.807) is 0 Å². The molecule has 4 heteroatoms. The Morgan fingerprint density at radius 1 is 1.33 bits per heavy atom. The third-order valence-corrected chi connectivity index (χ3v) is 4.22. The van der Waals surface area contributed by atoms with Gasteiger partial charge in [0.15, 0.2) is 0 Å². The Labute approximate surface area is 110 Å². The van der Waals surface area contributed by atoms with Crippen molar-refractivity contribution < 1.29 is 9.90 Å². The van der Waals surface area contributed by atoms with E-state index in [0.717, 1.165) is 50.9 Å². The van der Waals surface area contributed by atoms with E-state index in [9.17, 15) is 4.79 Å². The Hall–Kier alpha value is -0.610. The number of aliphatic hydroxyl groups is 1. The first-order chi connectivity index (χ1) is 8.64. The second-order valence-corrected chi connectivity index (χ2v) is 5.71. The smallest absolute Gasteiger partial charge is 0.227 e. The van der Waals surface area contributed by atoms with Gasteiger partial charge in [0.1, 0.15) is 0 Å². The Balaban J connectivity index is 2.33. The van der Waals surface area contributed by atoms with Gasteiger partial charge in [-0.1, -0.05) is 6.92 Å². The fourth-order valence-corrected chi connectivity index (χ4v) is 2.64. The molecule has 1 fully saturated rings. The second kappa shape index (κ2) is 7.74. The molecule has 18 heavy (non-hydrogen) atoms. The van der Waals surface area contributed by atoms with Gasteiger partial charge in [0.25, 0.3) is 0 Å². The average molecular weight is 256 g/mol. The summed E-state index contributed by atoms with van der Waals surface area (Å²) in [5.74, 6) is 0.864. The summed E-state index contributed by atoms with van der Waals surface area (Å²) in [4.78, 5) is 12.2. The topological polar surface area (TPSA) is 75.4 Å². The van der Waals surface area contributed by atoms with Crippen molar-refractivity contribution in [3.8, 4) is 0 Å². The summed E-state index contributed by atoms with van der Waals surface area (Å²) in [6.07, 6.45) is 6.77. The normalized spacial score (nSPS) is 28.1. The summed E-state index contributed by atoms with van der Waals surface area (Å²) in [7, 11) is 0. The number of carbonyl (C=O) groups excluding carboxylic acids is 1. The Bertz CT molecular complexity index is 248. The minimum atomic E-state index is -0.316. The summed E-state index contributed by atoms with van der Waals surface area (Å²) < 4.78 is 0. The number of nitrogens with one attached hydrogen (secondary N) is 1. The summed E-state index contributed by atoms with van der Waals surface area (Å²) in [5.41, 5.74) is 5.53. The summed E-state index contributed by atoms with van der Waals surface area (Å²) >= 11 is 0. The highest BCUT2D eigenvalue weighted by Gasteiger charge is 2.39. The maximum atomic E-state index is 12.2. The molecule has 0 aromatic heterocycles. The summed E-state index contributed by atoms with van der Waals surface area (Å²) in [5, 5.41) is 11.7. The van der Waals surface area contributed by atoms with Crippen molar-refractivity contribution in [2.75, 3.05) is 19.7 Å². The van der Waals surface area contributed by atoms with Crippen molar-refractivity contribution in [2.45, 2.75) is 51.9 Å². The first kappa shape index (κ1) is 15.4. The molecule has 1 amide bonds. The van der Waals surface area contributed by atoms with Crippen LogP contribution >= 0.6 is 0 Å². The molecule has 1 saturated carbocycles. The minimum absolute atomic E-state index is 0.140. The van der Waals surface area contributed by atoms with Crippen molar-refractivity contribution >= 4 is 5.91 Å². The fourth-order valence-electron chi connectivity index (χ4n) is 2.64. The summed E-state index contributed by atoms with van der Waals surface area (Å²) in [6, 6.07) is 0. The van der Waals surface area contributed by atoms with Crippen LogP contribution in [-0.2, 0) is 4.79 Å². The minimum Gasteiger partial charge on any atom is -0.396 e. The number of carbonyl (C=O) groups is 1. The molecule has 0 heterocycles. The number of amides is 1. The fraction of sp³-hybridized carbons (Fsp3) is 0.929. The highest BCUT2D eigenvalue weighted by atomic mass is 16.2. The van der Waals surface area contributed by atoms with Crippen LogP contribution in [0.25, 0.3) is 0 Å². The Kier molecular flexibility index (Phi) is 6.65. The zero-order valence-electron chi connectivity index (χ0n) is 11.6. The molecule has 0 unspecified atom stereocenters. The van der Waals surface area contributed by atoms with Crippen LogP contribution in [0.3, 0.4) is 0 Å². The first-order valence-corrected chi connectivity index (χ1v) is 7.24. The van der Waals surface area contributed by atoms with Crippen molar-refractivity contribution in [2.24, 2.45) is 17.1 Å². The number of hydrogen-bond acceptors (Lipinski definition) is 3. The third-order valence-electron chi connectivity index (χ3n) is 4.22. The second-order valence-electron chi connectivity index (χ2n) is 5.71. The lowest BCUT2D eigenvalue weighted by Crippen LogP contribution is -2.48. The lowest BCUT2D eigenvalue weighted by molar-refractivity contribution is -0.132. The van der Waals surface area contributed by atoms with Gasteiger partial charge in [-0.3, -0.25) is 4.79 Å². The molecule has 1 aliphatic rings. The van der Waals surface area contributed by atoms with Crippen molar-refractivity contribution in [3.05, 3.63) is 0 Å². The van der Waals surface area contributed by atoms with Crippen LogP contribution in [0.5, 0.6) is 0 Å². The van der Waals surface area contributed by atoms with Crippen LogP contribution in [0.2, 0.25) is 0 Å². The highest BCUT2D eigenvalue weighted by molar-refractivity contribution is 5.83. The molecule has 0 saturated heterocycles. The van der Waals surface area contributed by atoms with E-state index in [2.05, 4.69) is 12.2 Å². The van der Waals surface area contributed by atoms with E-state index in [1.165, 1.54) is 0 Å². The average Bonchev–Trinajstić information content (AvgIpc) is 2.39. The standard InChI is InChI=1S/C14H28N2O2/c1-12-5-7-14(11-15,8-6-12)13(18)16-9-3-2-4-10-17/h12,17H,2-11,15H2,1H3,(H,16,18). The van der Waals surface area contributed by atoms with E-state index in [0.29, 0.717) is 13.1 Å². The van der Waals surface area contributed by atoms with Gasteiger partial charge in [-0.2, -0.15) is 0 Å². The number of aliphatic hydroxyl groups excluding tert-OH is 1. The predicted octanol–water partition coefficient (Wildman–Crippen LogP) is 1.42. The monoisotopic (exact) mass is 256 g/mol. The van der Waals surface area contributed by atoms with Crippen LogP contribution in [-0.4, -0.2) is 30.7 Å². The van der Waals surface area contributed by atoms with Crippen LogP contribution < -0.4 is 11.1 Å². The van der Waals surface area contributed by atoms with Crippen LogP contribution in [0.4, 0.5) is 0 Å². The van der Waals surface area contributed by atoms with E-state index < -0.39 is 0 Å². The maximum Gasteiger partial charge on any atom is 0.227 e. The zero-order chi connectivity index (χ0) is 13.4. The van der Waals surface area contributed by atoms with Gasteiger partial charge in [-0.25, -0.2) is 0 Å². The summed E-state index contributed by atoms with van der Waals surface area (Å²) in [6.45, 7) is 3.64. The molecule has 106 valence electrons.